The number of nitrogens with two attached hydrogens (primary N) is 1. The predicted molar refractivity (Wildman–Crippen MR) is 67.7 cm³/mol. The Morgan fingerprint density at radius 3 is 3.12 bits per heavy atom. The van der Waals surface area contributed by atoms with Gasteiger partial charge in [0.15, 0.2) is 0 Å². The molecule has 3 nitrogen and oxygen atoms in total. The van der Waals surface area contributed by atoms with Gasteiger partial charge in [-0.25, -0.2) is 0 Å². The molecule has 1 saturated heterocycles. The molecule has 4 heteroatoms. The Morgan fingerprint density at radius 1 is 1.56 bits per heavy atom. The third-order valence-corrected chi connectivity index (χ3v) is 4.81. The van der Waals surface area contributed by atoms with Crippen LogP contribution in [0, 0.1) is 0 Å². The summed E-state index contributed by atoms with van der Waals surface area (Å²) in [6.45, 7) is 0. The highest BCUT2D eigenvalue weighted by Crippen LogP contribution is 2.35. The lowest BCUT2D eigenvalue weighted by Gasteiger charge is -2.21. The van der Waals surface area contributed by atoms with Crippen LogP contribution in [0.5, 0.6) is 0 Å². The van der Waals surface area contributed by atoms with Gasteiger partial charge >= 0.3 is 0 Å². The first-order valence-electron chi connectivity index (χ1n) is 6.15. The molecule has 0 radical (unpaired) electrons. The van der Waals surface area contributed by atoms with Crippen LogP contribution < -0.4 is 5.73 Å². The first-order chi connectivity index (χ1) is 7.75. The van der Waals surface area contributed by atoms with Gasteiger partial charge in [0.05, 0.1) is 12.2 Å². The fourth-order valence-corrected chi connectivity index (χ4v) is 3.47. The second kappa shape index (κ2) is 4.08. The lowest BCUT2D eigenvalue weighted by Crippen LogP contribution is -2.24. The zero-order valence-electron chi connectivity index (χ0n) is 9.56. The minimum absolute atomic E-state index is 0.106. The van der Waals surface area contributed by atoms with Crippen molar-refractivity contribution in [3.05, 3.63) is 18.0 Å². The van der Waals surface area contributed by atoms with Crippen molar-refractivity contribution in [1.29, 1.82) is 0 Å². The molecule has 3 rings (SSSR count). The molecule has 0 bridgehead atoms. The van der Waals surface area contributed by atoms with Gasteiger partial charge in [-0.15, -0.1) is 0 Å². The average molecular weight is 237 g/mol. The summed E-state index contributed by atoms with van der Waals surface area (Å²) < 4.78 is 2.16. The van der Waals surface area contributed by atoms with E-state index in [1.807, 2.05) is 18.0 Å². The van der Waals surface area contributed by atoms with Crippen LogP contribution in [0.3, 0.4) is 0 Å². The van der Waals surface area contributed by atoms with Crippen molar-refractivity contribution >= 4 is 11.8 Å². The van der Waals surface area contributed by atoms with Crippen LogP contribution in [0.15, 0.2) is 12.4 Å². The molecule has 1 atom stereocenters. The minimum Gasteiger partial charge on any atom is -0.325 e. The second-order valence-corrected chi connectivity index (χ2v) is 6.39. The van der Waals surface area contributed by atoms with E-state index in [1.165, 1.54) is 42.8 Å². The third-order valence-electron chi connectivity index (χ3n) is 3.61. The molecule has 0 aromatic carbocycles. The summed E-state index contributed by atoms with van der Waals surface area (Å²) in [7, 11) is 0. The summed E-state index contributed by atoms with van der Waals surface area (Å²) in [4.78, 5) is 0. The molecule has 1 unspecified atom stereocenters. The van der Waals surface area contributed by atoms with Crippen LogP contribution in [0.2, 0.25) is 0 Å². The van der Waals surface area contributed by atoms with Crippen LogP contribution in [-0.4, -0.2) is 26.8 Å². The smallest absolute Gasteiger partial charge is 0.0609 e. The number of hydrogen-bond donors (Lipinski definition) is 1. The van der Waals surface area contributed by atoms with Crippen LogP contribution in [0.4, 0.5) is 0 Å². The Kier molecular flexibility index (Phi) is 2.72. The van der Waals surface area contributed by atoms with Crippen molar-refractivity contribution in [1.82, 2.24) is 9.78 Å². The summed E-state index contributed by atoms with van der Waals surface area (Å²) >= 11 is 2.05. The van der Waals surface area contributed by atoms with E-state index in [1.54, 1.807) is 0 Å². The van der Waals surface area contributed by atoms with Crippen molar-refractivity contribution < 1.29 is 0 Å². The Bertz CT molecular complexity index is 364. The van der Waals surface area contributed by atoms with Crippen LogP contribution in [0.25, 0.3) is 0 Å². The van der Waals surface area contributed by atoms with Gasteiger partial charge in [0.2, 0.25) is 0 Å². The van der Waals surface area contributed by atoms with Gasteiger partial charge in [0.25, 0.3) is 0 Å². The fraction of sp³-hybridized carbons (Fsp3) is 0.750. The summed E-state index contributed by atoms with van der Waals surface area (Å²) in [5, 5.41) is 4.50. The van der Waals surface area contributed by atoms with Crippen molar-refractivity contribution in [2.75, 3.05) is 11.5 Å². The van der Waals surface area contributed by atoms with Gasteiger partial charge in [0.1, 0.15) is 0 Å². The molecule has 2 N–H and O–H groups in total. The van der Waals surface area contributed by atoms with E-state index < -0.39 is 0 Å². The van der Waals surface area contributed by atoms with Crippen LogP contribution >= 0.6 is 11.8 Å². The highest BCUT2D eigenvalue weighted by Gasteiger charge is 2.38. The van der Waals surface area contributed by atoms with Crippen molar-refractivity contribution in [3.8, 4) is 0 Å². The maximum atomic E-state index is 6.13. The molecule has 88 valence electrons. The maximum Gasteiger partial charge on any atom is 0.0609 e. The Hall–Kier alpha value is -0.480. The second-order valence-electron chi connectivity index (χ2n) is 5.24. The van der Waals surface area contributed by atoms with Gasteiger partial charge in [-0.3, -0.25) is 4.68 Å². The molecular weight excluding hydrogens is 218 g/mol. The molecule has 2 fully saturated rings. The van der Waals surface area contributed by atoms with Gasteiger partial charge in [-0.05, 0) is 43.4 Å². The molecule has 0 amide bonds. The molecule has 1 saturated carbocycles. The number of aromatic nitrogens is 2. The van der Waals surface area contributed by atoms with E-state index in [4.69, 9.17) is 5.73 Å². The van der Waals surface area contributed by atoms with Gasteiger partial charge in [-0.2, -0.15) is 16.9 Å². The maximum absolute atomic E-state index is 6.13. The Morgan fingerprint density at radius 2 is 2.44 bits per heavy atom. The summed E-state index contributed by atoms with van der Waals surface area (Å²) in [6, 6.07) is 0.612. The molecule has 1 aliphatic heterocycles. The lowest BCUT2D eigenvalue weighted by atomic mass is 10.1. The molecule has 2 heterocycles. The SMILES string of the molecule is NC1(Cc2cnn(C3CCCSC3)c2)CC1. The fourth-order valence-electron chi connectivity index (χ4n) is 2.34. The first kappa shape index (κ1) is 10.7. The van der Waals surface area contributed by atoms with Crippen molar-refractivity contribution in [3.63, 3.8) is 0 Å². The van der Waals surface area contributed by atoms with E-state index in [9.17, 15) is 0 Å². The summed E-state index contributed by atoms with van der Waals surface area (Å²) in [5.41, 5.74) is 7.55. The molecule has 1 aliphatic carbocycles. The number of thioether (sulfide) groups is 1. The van der Waals surface area contributed by atoms with E-state index >= 15 is 0 Å². The molecule has 1 aromatic heterocycles. The zero-order valence-corrected chi connectivity index (χ0v) is 10.4. The van der Waals surface area contributed by atoms with Crippen molar-refractivity contribution in [2.45, 2.75) is 43.7 Å². The van der Waals surface area contributed by atoms with Gasteiger partial charge in [-0.1, -0.05) is 0 Å². The standard InChI is InChI=1S/C12H19N3S/c13-12(3-4-12)6-10-7-14-15(8-10)11-2-1-5-16-9-11/h7-8,11H,1-6,9,13H2. The largest absolute Gasteiger partial charge is 0.325 e. The van der Waals surface area contributed by atoms with E-state index in [2.05, 4.69) is 16.0 Å². The highest BCUT2D eigenvalue weighted by atomic mass is 32.2. The Labute approximate surface area is 101 Å². The summed E-state index contributed by atoms with van der Waals surface area (Å²) in [6.07, 6.45) is 10.2. The van der Waals surface area contributed by atoms with Gasteiger partial charge < -0.3 is 5.73 Å². The Balaban J connectivity index is 1.66. The van der Waals surface area contributed by atoms with Gasteiger partial charge in [0, 0.05) is 17.5 Å². The topological polar surface area (TPSA) is 43.8 Å². The van der Waals surface area contributed by atoms with E-state index in [-0.39, 0.29) is 5.54 Å². The summed E-state index contributed by atoms with van der Waals surface area (Å²) in [5.74, 6) is 2.53. The minimum atomic E-state index is 0.106. The normalized spacial score (nSPS) is 27.9. The van der Waals surface area contributed by atoms with E-state index in [0.29, 0.717) is 6.04 Å². The quantitative estimate of drug-likeness (QED) is 0.874. The monoisotopic (exact) mass is 237 g/mol. The highest BCUT2D eigenvalue weighted by molar-refractivity contribution is 7.99. The predicted octanol–water partition coefficient (Wildman–Crippen LogP) is 1.98. The average Bonchev–Trinajstić information content (AvgIpc) is 2.86. The first-order valence-corrected chi connectivity index (χ1v) is 7.30. The number of hydrogen-bond acceptors (Lipinski definition) is 3. The number of rotatable bonds is 3. The zero-order chi connectivity index (χ0) is 11.0. The van der Waals surface area contributed by atoms with E-state index in [0.717, 1.165) is 6.42 Å². The molecule has 16 heavy (non-hydrogen) atoms. The molecular formula is C12H19N3S. The number of nitrogens with zero attached hydrogens (tertiary/aromatic N) is 2. The molecule has 0 spiro atoms. The lowest BCUT2D eigenvalue weighted by molar-refractivity contribution is 0.454. The van der Waals surface area contributed by atoms with Crippen molar-refractivity contribution in [2.24, 2.45) is 5.73 Å². The molecule has 2 aliphatic rings. The third kappa shape index (κ3) is 2.28. The van der Waals surface area contributed by atoms with Crippen LogP contribution in [0.1, 0.15) is 37.3 Å². The van der Waals surface area contributed by atoms with Crippen LogP contribution in [-0.2, 0) is 6.42 Å². The molecule has 1 aromatic rings.